The highest BCUT2D eigenvalue weighted by molar-refractivity contribution is 7.12. The highest BCUT2D eigenvalue weighted by atomic mass is 32.1. The van der Waals surface area contributed by atoms with Gasteiger partial charge in [-0.05, 0) is 41.6 Å². The first-order chi connectivity index (χ1) is 14.4. The quantitative estimate of drug-likeness (QED) is 0.586. The molecule has 1 aliphatic rings. The molecule has 1 atom stereocenters. The van der Waals surface area contributed by atoms with Crippen LogP contribution in [0.2, 0.25) is 0 Å². The zero-order valence-corrected chi connectivity index (χ0v) is 18.9. The first-order valence-electron chi connectivity index (χ1n) is 10.5. The van der Waals surface area contributed by atoms with E-state index in [-0.39, 0.29) is 11.4 Å². The number of carbonyl (C=O) groups excluding carboxylic acids is 2. The van der Waals surface area contributed by atoms with Crippen LogP contribution in [0.25, 0.3) is 0 Å². The van der Waals surface area contributed by atoms with Gasteiger partial charge in [-0.15, -0.1) is 11.3 Å². The van der Waals surface area contributed by atoms with Crippen LogP contribution in [0.5, 0.6) is 0 Å². The van der Waals surface area contributed by atoms with E-state index in [0.717, 1.165) is 18.7 Å². The first-order valence-corrected chi connectivity index (χ1v) is 11.4. The number of Topliss-reactive ketones (excluding diaryl/α,β-unsaturated/α-hetero) is 1. The topological polar surface area (TPSA) is 60.9 Å². The Morgan fingerprint density at radius 1 is 1.17 bits per heavy atom. The second-order valence-corrected chi connectivity index (χ2v) is 8.77. The summed E-state index contributed by atoms with van der Waals surface area (Å²) in [5.74, 6) is -0.788. The molecule has 1 aromatic carbocycles. The van der Waals surface area contributed by atoms with Crippen LogP contribution in [-0.2, 0) is 4.79 Å². The van der Waals surface area contributed by atoms with E-state index in [1.807, 2.05) is 29.6 Å². The van der Waals surface area contributed by atoms with Gasteiger partial charge < -0.3 is 14.9 Å². The Balaban J connectivity index is 2.00. The summed E-state index contributed by atoms with van der Waals surface area (Å²) in [4.78, 5) is 30.6. The van der Waals surface area contributed by atoms with Gasteiger partial charge in [0.2, 0.25) is 5.78 Å². The smallest absolute Gasteiger partial charge is 0.290 e. The van der Waals surface area contributed by atoms with Gasteiger partial charge in [-0.1, -0.05) is 58.0 Å². The summed E-state index contributed by atoms with van der Waals surface area (Å²) in [5, 5.41) is 12.5. The highest BCUT2D eigenvalue weighted by Gasteiger charge is 2.43. The molecule has 1 amide bonds. The molecule has 0 radical (unpaired) electrons. The maximum Gasteiger partial charge on any atom is 0.290 e. The number of aliphatic hydroxyl groups excluding tert-OH is 1. The third-order valence-electron chi connectivity index (χ3n) is 5.76. The molecule has 1 N–H and O–H groups in total. The summed E-state index contributed by atoms with van der Waals surface area (Å²) >= 11 is 1.32. The van der Waals surface area contributed by atoms with Gasteiger partial charge in [-0.2, -0.15) is 0 Å². The third-order valence-corrected chi connectivity index (χ3v) is 6.63. The van der Waals surface area contributed by atoms with Crippen molar-refractivity contribution in [3.63, 3.8) is 0 Å². The lowest BCUT2D eigenvalue weighted by molar-refractivity contribution is -0.129. The zero-order valence-electron chi connectivity index (χ0n) is 18.1. The van der Waals surface area contributed by atoms with Gasteiger partial charge in [-0.25, -0.2) is 0 Å². The average Bonchev–Trinajstić information content (AvgIpc) is 3.37. The molecule has 0 saturated carbocycles. The third kappa shape index (κ3) is 4.35. The summed E-state index contributed by atoms with van der Waals surface area (Å²) < 4.78 is 0. The lowest BCUT2D eigenvalue weighted by atomic mass is 9.93. The van der Waals surface area contributed by atoms with E-state index >= 15 is 0 Å². The number of rotatable bonds is 9. The number of likely N-dealkylation sites (N-methyl/N-ethyl adjacent to an activating group) is 1. The monoisotopic (exact) mass is 426 g/mol. The predicted octanol–water partition coefficient (Wildman–Crippen LogP) is 4.79. The van der Waals surface area contributed by atoms with Crippen molar-refractivity contribution in [1.29, 1.82) is 0 Å². The molecule has 2 heterocycles. The molecule has 160 valence electrons. The number of nitrogens with zero attached hydrogens (tertiary/aromatic N) is 2. The summed E-state index contributed by atoms with van der Waals surface area (Å²) in [6.45, 7) is 11.3. The molecule has 2 aromatic rings. The predicted molar refractivity (Wildman–Crippen MR) is 121 cm³/mol. The van der Waals surface area contributed by atoms with Gasteiger partial charge in [-0.3, -0.25) is 9.59 Å². The molecule has 0 fully saturated rings. The fraction of sp³-hybridized carbons (Fsp3) is 0.417. The molecule has 0 saturated heterocycles. The van der Waals surface area contributed by atoms with Crippen LogP contribution in [0.15, 0.2) is 53.1 Å². The Labute approximate surface area is 182 Å². The number of ketones is 1. The summed E-state index contributed by atoms with van der Waals surface area (Å²) in [6.07, 6.45) is 0. The summed E-state index contributed by atoms with van der Waals surface area (Å²) in [6, 6.07) is 11.0. The van der Waals surface area contributed by atoms with Gasteiger partial charge in [0.1, 0.15) is 0 Å². The van der Waals surface area contributed by atoms with Crippen molar-refractivity contribution >= 4 is 23.0 Å². The number of benzene rings is 1. The number of hydrogen-bond donors (Lipinski definition) is 1. The van der Waals surface area contributed by atoms with Crippen LogP contribution in [0.1, 0.15) is 60.5 Å². The van der Waals surface area contributed by atoms with Crippen LogP contribution in [0, 0.1) is 0 Å². The zero-order chi connectivity index (χ0) is 21.8. The molecule has 0 bridgehead atoms. The fourth-order valence-corrected chi connectivity index (χ4v) is 4.53. The van der Waals surface area contributed by atoms with Crippen molar-refractivity contribution in [3.05, 3.63) is 69.1 Å². The van der Waals surface area contributed by atoms with E-state index in [9.17, 15) is 14.7 Å². The van der Waals surface area contributed by atoms with Crippen LogP contribution >= 0.6 is 11.3 Å². The largest absolute Gasteiger partial charge is 0.503 e. The van der Waals surface area contributed by atoms with E-state index in [4.69, 9.17) is 0 Å². The van der Waals surface area contributed by atoms with Gasteiger partial charge in [0.15, 0.2) is 5.76 Å². The van der Waals surface area contributed by atoms with E-state index in [0.29, 0.717) is 23.9 Å². The molecule has 1 aliphatic heterocycles. The van der Waals surface area contributed by atoms with E-state index in [2.05, 4.69) is 32.6 Å². The van der Waals surface area contributed by atoms with Gasteiger partial charge in [0.05, 0.1) is 16.5 Å². The maximum atomic E-state index is 13.2. The van der Waals surface area contributed by atoms with E-state index in [1.165, 1.54) is 16.9 Å². The Morgan fingerprint density at radius 3 is 2.37 bits per heavy atom. The van der Waals surface area contributed by atoms with Crippen LogP contribution in [0.3, 0.4) is 0 Å². The van der Waals surface area contributed by atoms with Crippen LogP contribution in [0.4, 0.5) is 0 Å². The Morgan fingerprint density at radius 2 is 1.83 bits per heavy atom. The minimum atomic E-state index is -0.580. The SMILES string of the molecule is CCN(CC)CCN1C(=O)C(O)=C(C(=O)c2cccs2)C1c1ccc(C(C)C)cc1. The average molecular weight is 427 g/mol. The normalized spacial score (nSPS) is 16.9. The molecule has 30 heavy (non-hydrogen) atoms. The summed E-state index contributed by atoms with van der Waals surface area (Å²) in [7, 11) is 0. The summed E-state index contributed by atoms with van der Waals surface area (Å²) in [5.41, 5.74) is 2.22. The Hall–Kier alpha value is -2.44. The van der Waals surface area contributed by atoms with Crippen LogP contribution < -0.4 is 0 Å². The first kappa shape index (κ1) is 22.2. The molecular weight excluding hydrogens is 396 g/mol. The Bertz CT molecular complexity index is 912. The van der Waals surface area contributed by atoms with Gasteiger partial charge in [0.25, 0.3) is 5.91 Å². The second kappa shape index (κ2) is 9.58. The molecular formula is C24H30N2O3S. The molecule has 0 aliphatic carbocycles. The molecule has 1 aromatic heterocycles. The van der Waals surface area contributed by atoms with Crippen molar-refractivity contribution < 1.29 is 14.7 Å². The van der Waals surface area contributed by atoms with Crippen molar-refractivity contribution in [2.24, 2.45) is 0 Å². The van der Waals surface area contributed by atoms with Gasteiger partial charge >= 0.3 is 0 Å². The second-order valence-electron chi connectivity index (χ2n) is 7.82. The van der Waals surface area contributed by atoms with Crippen LogP contribution in [-0.4, -0.2) is 52.8 Å². The van der Waals surface area contributed by atoms with Crippen molar-refractivity contribution in [2.45, 2.75) is 39.7 Å². The number of thiophene rings is 1. The minimum Gasteiger partial charge on any atom is -0.503 e. The minimum absolute atomic E-state index is 0.180. The van der Waals surface area contributed by atoms with Crippen molar-refractivity contribution in [3.8, 4) is 0 Å². The van der Waals surface area contributed by atoms with Gasteiger partial charge in [0, 0.05) is 13.1 Å². The fourth-order valence-electron chi connectivity index (χ4n) is 3.86. The van der Waals surface area contributed by atoms with Crippen molar-refractivity contribution in [1.82, 2.24) is 9.80 Å². The number of amides is 1. The molecule has 3 rings (SSSR count). The highest BCUT2D eigenvalue weighted by Crippen LogP contribution is 2.39. The number of aliphatic hydroxyl groups is 1. The number of hydrogen-bond acceptors (Lipinski definition) is 5. The molecule has 5 nitrogen and oxygen atoms in total. The number of carbonyl (C=O) groups is 2. The lowest BCUT2D eigenvalue weighted by Gasteiger charge is -2.29. The van der Waals surface area contributed by atoms with E-state index < -0.39 is 17.7 Å². The van der Waals surface area contributed by atoms with Crippen molar-refractivity contribution in [2.75, 3.05) is 26.2 Å². The maximum absolute atomic E-state index is 13.2. The molecule has 6 heteroatoms. The molecule has 1 unspecified atom stereocenters. The molecule has 0 spiro atoms. The lowest BCUT2D eigenvalue weighted by Crippen LogP contribution is -2.38. The standard InChI is InChI=1S/C24H30N2O3S/c1-5-25(6-2)13-14-26-21(18-11-9-17(10-12-18)16(3)4)20(23(28)24(26)29)22(27)19-8-7-15-30-19/h7-12,15-16,21,28H,5-6,13-14H2,1-4H3. The Kier molecular flexibility index (Phi) is 7.10. The van der Waals surface area contributed by atoms with E-state index in [1.54, 1.807) is 17.0 Å².